The smallest absolute Gasteiger partial charge is 0.257 e. The molecule has 1 aliphatic rings. The zero-order valence-electron chi connectivity index (χ0n) is 20.1. The van der Waals surface area contributed by atoms with E-state index in [1.54, 1.807) is 30.3 Å². The number of phenolic OH excluding ortho intramolecular Hbond substituents is 1. The van der Waals surface area contributed by atoms with Crippen LogP contribution in [0, 0.1) is 5.41 Å². The van der Waals surface area contributed by atoms with Crippen molar-refractivity contribution >= 4 is 17.7 Å². The van der Waals surface area contributed by atoms with Gasteiger partial charge >= 0.3 is 0 Å². The Kier molecular flexibility index (Phi) is 9.70. The number of benzene rings is 1. The van der Waals surface area contributed by atoms with Gasteiger partial charge in [0.25, 0.3) is 11.8 Å². The number of nitrogens with zero attached hydrogens (tertiary/aromatic N) is 1. The van der Waals surface area contributed by atoms with Gasteiger partial charge in [-0.2, -0.15) is 0 Å². The summed E-state index contributed by atoms with van der Waals surface area (Å²) >= 11 is 0. The molecule has 1 atom stereocenters. The van der Waals surface area contributed by atoms with Crippen LogP contribution in [0.5, 0.6) is 5.75 Å². The lowest BCUT2D eigenvalue weighted by Crippen LogP contribution is -2.39. The van der Waals surface area contributed by atoms with Crippen LogP contribution in [0.1, 0.15) is 58.4 Å². The first-order valence-corrected chi connectivity index (χ1v) is 11.4. The van der Waals surface area contributed by atoms with Gasteiger partial charge in [-0.3, -0.25) is 19.3 Å². The average molecular weight is 457 g/mol. The quantitative estimate of drug-likeness (QED) is 0.299. The summed E-state index contributed by atoms with van der Waals surface area (Å²) in [5.41, 5.74) is 1.17. The maximum absolute atomic E-state index is 12.8. The maximum atomic E-state index is 12.8. The standard InChI is InChI=1S/C26H36N2O5/c1-26(2,3)15-6-5-7-23(30)27-16-14-22(33-4)18-25(32)28-20(10-13-24(28)31)17-19-8-11-21(29)12-9-19/h8-13,18,20,29H,5-7,14-17H2,1-4H3,(H,27,30)/b22-18+/t20-/m0/s1. The third kappa shape index (κ3) is 9.12. The second-order valence-corrected chi connectivity index (χ2v) is 9.53. The fourth-order valence-corrected chi connectivity index (χ4v) is 3.62. The van der Waals surface area contributed by atoms with Crippen LogP contribution >= 0.6 is 0 Å². The molecule has 2 rings (SSSR count). The topological polar surface area (TPSA) is 95.9 Å². The van der Waals surface area contributed by atoms with Crippen molar-refractivity contribution < 1.29 is 24.2 Å². The number of carbonyl (C=O) groups excluding carboxylic acids is 3. The number of aromatic hydroxyl groups is 1. The molecule has 0 aliphatic carbocycles. The van der Waals surface area contributed by atoms with E-state index in [-0.39, 0.29) is 23.0 Å². The summed E-state index contributed by atoms with van der Waals surface area (Å²) in [6, 6.07) is 6.26. The van der Waals surface area contributed by atoms with E-state index in [0.717, 1.165) is 24.8 Å². The molecule has 180 valence electrons. The van der Waals surface area contributed by atoms with Crippen molar-refractivity contribution in [1.29, 1.82) is 0 Å². The summed E-state index contributed by atoms with van der Waals surface area (Å²) < 4.78 is 5.30. The minimum Gasteiger partial charge on any atom is -0.508 e. The largest absolute Gasteiger partial charge is 0.508 e. The van der Waals surface area contributed by atoms with E-state index in [1.807, 2.05) is 0 Å². The Bertz CT molecular complexity index is 881. The number of hydrogen-bond acceptors (Lipinski definition) is 5. The maximum Gasteiger partial charge on any atom is 0.257 e. The minimum atomic E-state index is -0.459. The lowest BCUT2D eigenvalue weighted by Gasteiger charge is -2.22. The first kappa shape index (κ1) is 26.2. The van der Waals surface area contributed by atoms with Gasteiger partial charge in [0.2, 0.25) is 5.91 Å². The van der Waals surface area contributed by atoms with Crippen molar-refractivity contribution in [2.75, 3.05) is 13.7 Å². The number of unbranched alkanes of at least 4 members (excludes halogenated alkanes) is 1. The Morgan fingerprint density at radius 2 is 1.85 bits per heavy atom. The summed E-state index contributed by atoms with van der Waals surface area (Å²) in [6.45, 7) is 6.92. The molecule has 7 nitrogen and oxygen atoms in total. The number of imide groups is 1. The van der Waals surface area contributed by atoms with Crippen LogP contribution in [0.25, 0.3) is 0 Å². The molecule has 2 N–H and O–H groups in total. The van der Waals surface area contributed by atoms with Crippen LogP contribution in [0.3, 0.4) is 0 Å². The van der Waals surface area contributed by atoms with Crippen LogP contribution in [-0.4, -0.2) is 47.4 Å². The highest BCUT2D eigenvalue weighted by atomic mass is 16.5. The number of nitrogens with one attached hydrogen (secondary N) is 1. The third-order valence-electron chi connectivity index (χ3n) is 5.47. The van der Waals surface area contributed by atoms with Crippen molar-refractivity contribution in [3.05, 3.63) is 53.8 Å². The van der Waals surface area contributed by atoms with E-state index in [9.17, 15) is 19.5 Å². The fraction of sp³-hybridized carbons (Fsp3) is 0.500. The first-order valence-electron chi connectivity index (χ1n) is 11.4. The summed E-state index contributed by atoms with van der Waals surface area (Å²) in [4.78, 5) is 38.3. The van der Waals surface area contributed by atoms with Gasteiger partial charge < -0.3 is 15.2 Å². The molecule has 0 radical (unpaired) electrons. The van der Waals surface area contributed by atoms with E-state index in [1.165, 1.54) is 24.2 Å². The SMILES string of the molecule is CO/C(=C/C(=O)N1C(=O)C=C[C@H]1Cc1ccc(O)cc1)CCNC(=O)CCCCC(C)(C)C. The Morgan fingerprint density at radius 1 is 1.15 bits per heavy atom. The normalized spacial score (nSPS) is 16.2. The number of ether oxygens (including phenoxy) is 1. The van der Waals surface area contributed by atoms with Gasteiger partial charge in [0.1, 0.15) is 11.5 Å². The number of rotatable bonds is 11. The van der Waals surface area contributed by atoms with Crippen LogP contribution in [-0.2, 0) is 25.5 Å². The van der Waals surface area contributed by atoms with Crippen LogP contribution in [0.4, 0.5) is 0 Å². The molecule has 0 unspecified atom stereocenters. The van der Waals surface area contributed by atoms with E-state index in [0.29, 0.717) is 31.6 Å². The van der Waals surface area contributed by atoms with Gasteiger partial charge in [0, 0.05) is 31.5 Å². The molecule has 0 bridgehead atoms. The molecule has 1 aromatic carbocycles. The van der Waals surface area contributed by atoms with E-state index >= 15 is 0 Å². The van der Waals surface area contributed by atoms with Crippen molar-refractivity contribution in [3.63, 3.8) is 0 Å². The molecule has 0 spiro atoms. The Morgan fingerprint density at radius 3 is 2.48 bits per heavy atom. The minimum absolute atomic E-state index is 0.0152. The summed E-state index contributed by atoms with van der Waals surface area (Å²) in [5.74, 6) is -0.290. The predicted octanol–water partition coefficient (Wildman–Crippen LogP) is 3.87. The molecule has 0 fully saturated rings. The van der Waals surface area contributed by atoms with E-state index in [2.05, 4.69) is 26.1 Å². The monoisotopic (exact) mass is 456 g/mol. The van der Waals surface area contributed by atoms with Gasteiger partial charge in [-0.05, 0) is 42.4 Å². The molecule has 3 amide bonds. The van der Waals surface area contributed by atoms with Gasteiger partial charge in [-0.15, -0.1) is 0 Å². The molecule has 1 aliphatic heterocycles. The average Bonchev–Trinajstić information content (AvgIpc) is 3.11. The number of methoxy groups -OCH3 is 1. The van der Waals surface area contributed by atoms with Crippen molar-refractivity contribution in [1.82, 2.24) is 10.2 Å². The van der Waals surface area contributed by atoms with Crippen molar-refractivity contribution in [2.24, 2.45) is 5.41 Å². The van der Waals surface area contributed by atoms with Gasteiger partial charge in [-0.25, -0.2) is 0 Å². The van der Waals surface area contributed by atoms with Crippen LogP contribution in [0.15, 0.2) is 48.3 Å². The number of amides is 3. The number of hydrogen-bond donors (Lipinski definition) is 2. The Labute approximate surface area is 196 Å². The van der Waals surface area contributed by atoms with E-state index < -0.39 is 11.9 Å². The molecule has 1 heterocycles. The van der Waals surface area contributed by atoms with Crippen molar-refractivity contribution in [2.45, 2.75) is 65.3 Å². The second kappa shape index (κ2) is 12.2. The Hall–Kier alpha value is -3.09. The summed E-state index contributed by atoms with van der Waals surface area (Å²) in [6.07, 6.45) is 8.63. The lowest BCUT2D eigenvalue weighted by atomic mass is 9.89. The first-order chi connectivity index (χ1) is 15.6. The summed E-state index contributed by atoms with van der Waals surface area (Å²) in [7, 11) is 1.46. The zero-order valence-corrected chi connectivity index (χ0v) is 20.1. The zero-order chi connectivity index (χ0) is 24.4. The molecule has 0 aromatic heterocycles. The molecular formula is C26H36N2O5. The van der Waals surface area contributed by atoms with Gasteiger partial charge in [0.05, 0.1) is 13.2 Å². The molecule has 33 heavy (non-hydrogen) atoms. The lowest BCUT2D eigenvalue weighted by molar-refractivity contribution is -0.139. The fourth-order valence-electron chi connectivity index (χ4n) is 3.62. The second-order valence-electron chi connectivity index (χ2n) is 9.53. The number of carbonyl (C=O) groups is 3. The van der Waals surface area contributed by atoms with Crippen LogP contribution < -0.4 is 5.32 Å². The molecular weight excluding hydrogens is 420 g/mol. The van der Waals surface area contributed by atoms with Crippen molar-refractivity contribution in [3.8, 4) is 5.75 Å². The third-order valence-corrected chi connectivity index (χ3v) is 5.47. The summed E-state index contributed by atoms with van der Waals surface area (Å²) in [5, 5.41) is 12.3. The highest BCUT2D eigenvalue weighted by Gasteiger charge is 2.30. The van der Waals surface area contributed by atoms with Gasteiger partial charge in [-0.1, -0.05) is 45.4 Å². The highest BCUT2D eigenvalue weighted by Crippen LogP contribution is 2.22. The molecule has 1 aromatic rings. The highest BCUT2D eigenvalue weighted by molar-refractivity contribution is 6.07. The Balaban J connectivity index is 1.84. The van der Waals surface area contributed by atoms with Gasteiger partial charge in [0.15, 0.2) is 0 Å². The predicted molar refractivity (Wildman–Crippen MR) is 127 cm³/mol. The molecule has 7 heteroatoms. The van der Waals surface area contributed by atoms with Crippen LogP contribution in [0.2, 0.25) is 0 Å². The molecule has 0 saturated carbocycles. The van der Waals surface area contributed by atoms with E-state index in [4.69, 9.17) is 4.74 Å². The number of phenols is 1. The molecule has 0 saturated heterocycles.